The number of rotatable bonds is 7. The zero-order valence-corrected chi connectivity index (χ0v) is 13.5. The maximum absolute atomic E-state index is 12.4. The average molecular weight is 315 g/mol. The summed E-state index contributed by atoms with van der Waals surface area (Å²) in [6.45, 7) is 3.99. The molecule has 2 N–H and O–H groups in total. The van der Waals surface area contributed by atoms with Gasteiger partial charge in [-0.2, -0.15) is 17.4 Å². The van der Waals surface area contributed by atoms with Crippen molar-refractivity contribution >= 4 is 10.2 Å². The van der Waals surface area contributed by atoms with Gasteiger partial charge < -0.3 is 9.73 Å². The Morgan fingerprint density at radius 3 is 2.71 bits per heavy atom. The van der Waals surface area contributed by atoms with Crippen molar-refractivity contribution in [3.05, 3.63) is 24.2 Å². The number of nitrogens with zero attached hydrogens (tertiary/aromatic N) is 1. The van der Waals surface area contributed by atoms with E-state index in [1.54, 1.807) is 10.6 Å². The first kappa shape index (κ1) is 16.5. The molecule has 1 saturated heterocycles. The maximum atomic E-state index is 12.4. The molecule has 0 spiro atoms. The standard InChI is InChI=1S/C14H25N3O3S/c1-12(10-14-4-3-9-20-14)16-21(18,19)17-7-5-13(6-8-17)11-15-2/h3-4,9,12-13,15-16H,5-8,10-11H2,1-2H3. The Labute approximate surface area is 127 Å². The molecule has 1 atom stereocenters. The molecule has 1 aliphatic rings. The first-order valence-corrected chi connectivity index (χ1v) is 8.89. The molecular weight excluding hydrogens is 290 g/mol. The van der Waals surface area contributed by atoms with Gasteiger partial charge in [-0.15, -0.1) is 0 Å². The lowest BCUT2D eigenvalue weighted by Crippen LogP contribution is -2.48. The van der Waals surface area contributed by atoms with E-state index in [-0.39, 0.29) is 6.04 Å². The predicted octanol–water partition coefficient (Wildman–Crippen LogP) is 0.976. The molecule has 6 nitrogen and oxygen atoms in total. The van der Waals surface area contributed by atoms with Crippen LogP contribution in [0, 0.1) is 5.92 Å². The van der Waals surface area contributed by atoms with Gasteiger partial charge in [-0.25, -0.2) is 0 Å². The van der Waals surface area contributed by atoms with E-state index in [2.05, 4.69) is 10.0 Å². The van der Waals surface area contributed by atoms with Crippen LogP contribution < -0.4 is 10.0 Å². The molecule has 120 valence electrons. The smallest absolute Gasteiger partial charge is 0.279 e. The van der Waals surface area contributed by atoms with Crippen LogP contribution in [-0.2, 0) is 16.6 Å². The van der Waals surface area contributed by atoms with Gasteiger partial charge in [0.1, 0.15) is 5.76 Å². The van der Waals surface area contributed by atoms with E-state index in [0.29, 0.717) is 25.4 Å². The third-order valence-corrected chi connectivity index (χ3v) is 5.59. The van der Waals surface area contributed by atoms with E-state index < -0.39 is 10.2 Å². The van der Waals surface area contributed by atoms with Gasteiger partial charge in [0.05, 0.1) is 6.26 Å². The van der Waals surface area contributed by atoms with Crippen molar-refractivity contribution in [2.75, 3.05) is 26.7 Å². The van der Waals surface area contributed by atoms with Gasteiger partial charge in [-0.1, -0.05) is 0 Å². The summed E-state index contributed by atoms with van der Waals surface area (Å²) >= 11 is 0. The summed E-state index contributed by atoms with van der Waals surface area (Å²) in [5, 5.41) is 3.15. The van der Waals surface area contributed by atoms with Gasteiger partial charge in [0, 0.05) is 25.6 Å². The molecule has 0 amide bonds. The van der Waals surface area contributed by atoms with Gasteiger partial charge >= 0.3 is 0 Å². The van der Waals surface area contributed by atoms with Crippen LogP contribution in [0.5, 0.6) is 0 Å². The Hall–Kier alpha value is -0.890. The first-order valence-electron chi connectivity index (χ1n) is 7.45. The van der Waals surface area contributed by atoms with Crippen molar-refractivity contribution in [3.63, 3.8) is 0 Å². The van der Waals surface area contributed by atoms with Crippen LogP contribution in [0.25, 0.3) is 0 Å². The Bertz CT molecular complexity index is 508. The summed E-state index contributed by atoms with van der Waals surface area (Å²) in [5.41, 5.74) is 0. The Morgan fingerprint density at radius 1 is 1.43 bits per heavy atom. The van der Waals surface area contributed by atoms with Crippen molar-refractivity contribution in [1.82, 2.24) is 14.3 Å². The van der Waals surface area contributed by atoms with E-state index in [1.807, 2.05) is 26.1 Å². The predicted molar refractivity (Wildman–Crippen MR) is 82.2 cm³/mol. The van der Waals surface area contributed by atoms with Gasteiger partial charge in [0.2, 0.25) is 0 Å². The molecule has 7 heteroatoms. The zero-order valence-electron chi connectivity index (χ0n) is 12.7. The minimum atomic E-state index is -3.40. The Morgan fingerprint density at radius 2 is 2.14 bits per heavy atom. The summed E-state index contributed by atoms with van der Waals surface area (Å²) < 4.78 is 34.3. The molecular formula is C14H25N3O3S. The third kappa shape index (κ3) is 4.81. The second-order valence-electron chi connectivity index (χ2n) is 5.71. The molecule has 1 aromatic rings. The number of furan rings is 1. The van der Waals surface area contributed by atoms with Gasteiger partial charge in [0.15, 0.2) is 0 Å². The summed E-state index contributed by atoms with van der Waals surface area (Å²) in [6.07, 6.45) is 3.98. The summed E-state index contributed by atoms with van der Waals surface area (Å²) in [5.74, 6) is 1.36. The first-order chi connectivity index (χ1) is 10.0. The highest BCUT2D eigenvalue weighted by Gasteiger charge is 2.28. The lowest BCUT2D eigenvalue weighted by atomic mass is 9.98. The minimum absolute atomic E-state index is 0.184. The maximum Gasteiger partial charge on any atom is 0.279 e. The quantitative estimate of drug-likeness (QED) is 0.786. The monoisotopic (exact) mass is 315 g/mol. The molecule has 1 aliphatic heterocycles. The van der Waals surface area contributed by atoms with E-state index in [0.717, 1.165) is 25.1 Å². The lowest BCUT2D eigenvalue weighted by molar-refractivity contribution is 0.267. The molecule has 0 radical (unpaired) electrons. The van der Waals surface area contributed by atoms with Gasteiger partial charge in [0.25, 0.3) is 10.2 Å². The normalized spacial score (nSPS) is 19.7. The number of piperidine rings is 1. The second-order valence-corrected chi connectivity index (χ2v) is 7.41. The lowest BCUT2D eigenvalue weighted by Gasteiger charge is -2.31. The van der Waals surface area contributed by atoms with Crippen molar-refractivity contribution in [2.45, 2.75) is 32.2 Å². The number of hydrogen-bond donors (Lipinski definition) is 2. The third-order valence-electron chi connectivity index (χ3n) is 3.84. The molecule has 2 rings (SSSR count). The highest BCUT2D eigenvalue weighted by Crippen LogP contribution is 2.18. The fourth-order valence-electron chi connectivity index (χ4n) is 2.74. The SMILES string of the molecule is CNCC1CCN(S(=O)(=O)NC(C)Cc2ccco2)CC1. The van der Waals surface area contributed by atoms with Gasteiger partial charge in [-0.05, 0) is 51.4 Å². The highest BCUT2D eigenvalue weighted by molar-refractivity contribution is 7.87. The summed E-state index contributed by atoms with van der Waals surface area (Å²) in [4.78, 5) is 0. The fourth-order valence-corrected chi connectivity index (χ4v) is 4.18. The molecule has 21 heavy (non-hydrogen) atoms. The van der Waals surface area contributed by atoms with E-state index >= 15 is 0 Å². The zero-order chi connectivity index (χ0) is 15.3. The Balaban J connectivity index is 1.84. The molecule has 1 aromatic heterocycles. The van der Waals surface area contributed by atoms with Crippen LogP contribution in [0.2, 0.25) is 0 Å². The molecule has 1 unspecified atom stereocenters. The van der Waals surface area contributed by atoms with Crippen LogP contribution in [-0.4, -0.2) is 45.4 Å². The van der Waals surface area contributed by atoms with Crippen LogP contribution in [0.15, 0.2) is 22.8 Å². The van der Waals surface area contributed by atoms with E-state index in [4.69, 9.17) is 4.42 Å². The summed E-state index contributed by atoms with van der Waals surface area (Å²) in [6, 6.07) is 3.48. The topological polar surface area (TPSA) is 74.6 Å². The Kier molecular flexibility index (Phi) is 5.80. The molecule has 0 aromatic carbocycles. The van der Waals surface area contributed by atoms with Crippen molar-refractivity contribution in [2.24, 2.45) is 5.92 Å². The number of hydrogen-bond acceptors (Lipinski definition) is 4. The molecule has 1 fully saturated rings. The molecule has 0 aliphatic carbocycles. The molecule has 2 heterocycles. The van der Waals surface area contributed by atoms with Crippen LogP contribution in [0.1, 0.15) is 25.5 Å². The van der Waals surface area contributed by atoms with E-state index in [9.17, 15) is 8.42 Å². The second kappa shape index (κ2) is 7.40. The van der Waals surface area contributed by atoms with Gasteiger partial charge in [-0.3, -0.25) is 0 Å². The van der Waals surface area contributed by atoms with Crippen molar-refractivity contribution in [3.8, 4) is 0 Å². The fraction of sp³-hybridized carbons (Fsp3) is 0.714. The summed E-state index contributed by atoms with van der Waals surface area (Å²) in [7, 11) is -1.47. The average Bonchev–Trinajstić information content (AvgIpc) is 2.92. The van der Waals surface area contributed by atoms with Crippen LogP contribution in [0.4, 0.5) is 0 Å². The van der Waals surface area contributed by atoms with Crippen molar-refractivity contribution < 1.29 is 12.8 Å². The number of nitrogens with one attached hydrogen (secondary N) is 2. The molecule has 0 bridgehead atoms. The largest absolute Gasteiger partial charge is 0.469 e. The highest BCUT2D eigenvalue weighted by atomic mass is 32.2. The van der Waals surface area contributed by atoms with Crippen LogP contribution in [0.3, 0.4) is 0 Å². The van der Waals surface area contributed by atoms with Crippen molar-refractivity contribution in [1.29, 1.82) is 0 Å². The minimum Gasteiger partial charge on any atom is -0.469 e. The van der Waals surface area contributed by atoms with E-state index in [1.165, 1.54) is 0 Å². The molecule has 0 saturated carbocycles. The van der Waals surface area contributed by atoms with Crippen LogP contribution >= 0.6 is 0 Å².